The van der Waals surface area contributed by atoms with Crippen LogP contribution in [-0.4, -0.2) is 31.3 Å². The molecular formula is C12H15NO. The van der Waals surface area contributed by atoms with Gasteiger partial charge in [0, 0.05) is 17.7 Å². The summed E-state index contributed by atoms with van der Waals surface area (Å²) < 4.78 is 0. The Morgan fingerprint density at radius 2 is 1.86 bits per heavy atom. The van der Waals surface area contributed by atoms with Gasteiger partial charge in [0.15, 0.2) is 5.78 Å². The number of hydrogen-bond donors (Lipinski definition) is 0. The second-order valence-electron chi connectivity index (χ2n) is 3.54. The minimum atomic E-state index is 0.0271. The molecule has 0 saturated carbocycles. The lowest BCUT2D eigenvalue weighted by Gasteiger charge is -2.10. The van der Waals surface area contributed by atoms with Gasteiger partial charge in [0.2, 0.25) is 0 Å². The molecule has 0 aliphatic carbocycles. The van der Waals surface area contributed by atoms with Gasteiger partial charge in [-0.2, -0.15) is 0 Å². The molecule has 2 heteroatoms. The lowest BCUT2D eigenvalue weighted by Crippen LogP contribution is -2.19. The van der Waals surface area contributed by atoms with E-state index >= 15 is 0 Å². The molecule has 0 fully saturated rings. The van der Waals surface area contributed by atoms with Crippen LogP contribution in [0.25, 0.3) is 0 Å². The van der Waals surface area contributed by atoms with Crippen molar-refractivity contribution in [3.05, 3.63) is 48.0 Å². The normalized spacial score (nSPS) is 10.2. The zero-order valence-electron chi connectivity index (χ0n) is 8.66. The van der Waals surface area contributed by atoms with E-state index in [4.69, 9.17) is 0 Å². The van der Waals surface area contributed by atoms with Crippen molar-refractivity contribution in [1.82, 2.24) is 4.90 Å². The molecule has 0 saturated heterocycles. The molecule has 0 radical (unpaired) electrons. The van der Waals surface area contributed by atoms with Gasteiger partial charge in [-0.1, -0.05) is 36.9 Å². The fraction of sp³-hybridized carbons (Fsp3) is 0.250. The predicted octanol–water partition coefficient (Wildman–Crippen LogP) is 1.99. The summed E-state index contributed by atoms with van der Waals surface area (Å²) in [6.45, 7) is 4.38. The fourth-order valence-electron chi connectivity index (χ4n) is 1.25. The second-order valence-corrected chi connectivity index (χ2v) is 3.54. The maximum Gasteiger partial charge on any atom is 0.189 e. The summed E-state index contributed by atoms with van der Waals surface area (Å²) in [6, 6.07) is 9.23. The van der Waals surface area contributed by atoms with E-state index < -0.39 is 0 Å². The molecule has 0 amide bonds. The van der Waals surface area contributed by atoms with Gasteiger partial charge in [-0.05, 0) is 14.1 Å². The summed E-state index contributed by atoms with van der Waals surface area (Å²) >= 11 is 0. The summed E-state index contributed by atoms with van der Waals surface area (Å²) in [5.41, 5.74) is 1.33. The predicted molar refractivity (Wildman–Crippen MR) is 58.5 cm³/mol. The summed E-state index contributed by atoms with van der Waals surface area (Å²) in [5, 5.41) is 0. The van der Waals surface area contributed by atoms with Gasteiger partial charge in [0.1, 0.15) is 0 Å². The van der Waals surface area contributed by atoms with E-state index in [1.807, 2.05) is 49.3 Å². The molecule has 1 aromatic rings. The number of carbonyl (C=O) groups is 1. The van der Waals surface area contributed by atoms with Gasteiger partial charge in [0.05, 0.1) is 0 Å². The van der Waals surface area contributed by atoms with E-state index in [2.05, 4.69) is 6.58 Å². The first-order chi connectivity index (χ1) is 6.61. The Hall–Kier alpha value is -1.41. The van der Waals surface area contributed by atoms with Crippen molar-refractivity contribution in [2.45, 2.75) is 0 Å². The van der Waals surface area contributed by atoms with Crippen LogP contribution in [0.3, 0.4) is 0 Å². The standard InChI is InChI=1S/C12H15NO/c1-10(9-13(2)3)12(14)11-7-5-4-6-8-11/h4-8H,1,9H2,2-3H3. The third-order valence-corrected chi connectivity index (χ3v) is 1.86. The van der Waals surface area contributed by atoms with E-state index in [0.717, 1.165) is 0 Å². The Balaban J connectivity index is 2.72. The van der Waals surface area contributed by atoms with Crippen molar-refractivity contribution in [2.24, 2.45) is 0 Å². The highest BCUT2D eigenvalue weighted by molar-refractivity contribution is 6.08. The number of benzene rings is 1. The van der Waals surface area contributed by atoms with Crippen molar-refractivity contribution >= 4 is 5.78 Å². The van der Waals surface area contributed by atoms with Gasteiger partial charge >= 0.3 is 0 Å². The summed E-state index contributed by atoms with van der Waals surface area (Å²) in [6.07, 6.45) is 0. The zero-order valence-corrected chi connectivity index (χ0v) is 8.66. The van der Waals surface area contributed by atoms with Crippen LogP contribution in [0.5, 0.6) is 0 Å². The maximum absolute atomic E-state index is 11.8. The lowest BCUT2D eigenvalue weighted by molar-refractivity contribution is 0.102. The SMILES string of the molecule is C=C(CN(C)C)C(=O)c1ccccc1. The summed E-state index contributed by atoms with van der Waals surface area (Å²) in [4.78, 5) is 13.7. The molecule has 0 aliphatic heterocycles. The van der Waals surface area contributed by atoms with Gasteiger partial charge in [0.25, 0.3) is 0 Å². The average Bonchev–Trinajstić information content (AvgIpc) is 2.17. The van der Waals surface area contributed by atoms with E-state index in [1.165, 1.54) is 0 Å². The van der Waals surface area contributed by atoms with Crippen molar-refractivity contribution < 1.29 is 4.79 Å². The van der Waals surface area contributed by atoms with Gasteiger partial charge in [-0.3, -0.25) is 4.79 Å². The maximum atomic E-state index is 11.8. The van der Waals surface area contributed by atoms with E-state index in [0.29, 0.717) is 17.7 Å². The molecule has 1 aromatic carbocycles. The number of hydrogen-bond acceptors (Lipinski definition) is 2. The molecular weight excluding hydrogens is 174 g/mol. The second kappa shape index (κ2) is 4.72. The van der Waals surface area contributed by atoms with Crippen molar-refractivity contribution in [3.63, 3.8) is 0 Å². The zero-order chi connectivity index (χ0) is 10.6. The highest BCUT2D eigenvalue weighted by Crippen LogP contribution is 2.06. The molecule has 2 nitrogen and oxygen atoms in total. The molecule has 0 atom stereocenters. The first-order valence-electron chi connectivity index (χ1n) is 4.53. The first kappa shape index (κ1) is 10.7. The average molecular weight is 189 g/mol. The van der Waals surface area contributed by atoms with Crippen molar-refractivity contribution in [2.75, 3.05) is 20.6 Å². The summed E-state index contributed by atoms with van der Waals surface area (Å²) in [7, 11) is 3.84. The summed E-state index contributed by atoms with van der Waals surface area (Å²) in [5.74, 6) is 0.0271. The van der Waals surface area contributed by atoms with Crippen LogP contribution in [-0.2, 0) is 0 Å². The molecule has 74 valence electrons. The Bertz CT molecular complexity index is 327. The number of likely N-dealkylation sites (N-methyl/N-ethyl adjacent to an activating group) is 1. The monoisotopic (exact) mass is 189 g/mol. The Kier molecular flexibility index (Phi) is 3.60. The molecule has 14 heavy (non-hydrogen) atoms. The third-order valence-electron chi connectivity index (χ3n) is 1.86. The Labute approximate surface area is 84.9 Å². The number of ketones is 1. The van der Waals surface area contributed by atoms with Crippen molar-refractivity contribution in [1.29, 1.82) is 0 Å². The number of nitrogens with zero attached hydrogens (tertiary/aromatic N) is 1. The largest absolute Gasteiger partial charge is 0.305 e. The molecule has 0 bridgehead atoms. The van der Waals surface area contributed by atoms with Crippen LogP contribution in [0.15, 0.2) is 42.5 Å². The van der Waals surface area contributed by atoms with E-state index in [9.17, 15) is 4.79 Å². The molecule has 0 unspecified atom stereocenters. The van der Waals surface area contributed by atoms with Crippen LogP contribution in [0.4, 0.5) is 0 Å². The van der Waals surface area contributed by atoms with Crippen LogP contribution in [0.1, 0.15) is 10.4 Å². The van der Waals surface area contributed by atoms with E-state index in [1.54, 1.807) is 0 Å². The number of Topliss-reactive ketones (excluding diaryl/α,β-unsaturated/α-hetero) is 1. The van der Waals surface area contributed by atoms with Gasteiger partial charge in [-0.15, -0.1) is 0 Å². The smallest absolute Gasteiger partial charge is 0.189 e. The van der Waals surface area contributed by atoms with Gasteiger partial charge < -0.3 is 4.90 Å². The number of carbonyl (C=O) groups excluding carboxylic acids is 1. The quantitative estimate of drug-likeness (QED) is 0.533. The highest BCUT2D eigenvalue weighted by atomic mass is 16.1. The van der Waals surface area contributed by atoms with Crippen molar-refractivity contribution in [3.8, 4) is 0 Å². The van der Waals surface area contributed by atoms with Crippen LogP contribution < -0.4 is 0 Å². The molecule has 0 N–H and O–H groups in total. The van der Waals surface area contributed by atoms with Crippen LogP contribution >= 0.6 is 0 Å². The lowest BCUT2D eigenvalue weighted by atomic mass is 10.0. The minimum absolute atomic E-state index is 0.0271. The van der Waals surface area contributed by atoms with Crippen LogP contribution in [0, 0.1) is 0 Å². The van der Waals surface area contributed by atoms with Gasteiger partial charge in [-0.25, -0.2) is 0 Å². The molecule has 1 rings (SSSR count). The molecule has 0 aliphatic rings. The third kappa shape index (κ3) is 2.82. The molecule has 0 spiro atoms. The Morgan fingerprint density at radius 3 is 2.36 bits per heavy atom. The van der Waals surface area contributed by atoms with Crippen LogP contribution in [0.2, 0.25) is 0 Å². The first-order valence-corrected chi connectivity index (χ1v) is 4.53. The minimum Gasteiger partial charge on any atom is -0.305 e. The topological polar surface area (TPSA) is 20.3 Å². The fourth-order valence-corrected chi connectivity index (χ4v) is 1.25. The number of rotatable bonds is 4. The molecule has 0 heterocycles. The Morgan fingerprint density at radius 1 is 1.29 bits per heavy atom. The van der Waals surface area contributed by atoms with E-state index in [-0.39, 0.29) is 5.78 Å². The highest BCUT2D eigenvalue weighted by Gasteiger charge is 2.09. The molecule has 0 aromatic heterocycles.